The SMILES string of the molecule is CCOC[C@]1(N)[C@@H](c2ccc3c(c2)OCO3)[C@@H]1S(=O)(=O)c1ccc(Cl)cc1. The molecule has 27 heavy (non-hydrogen) atoms. The van der Waals surface area contributed by atoms with Crippen LogP contribution in [0.1, 0.15) is 18.4 Å². The Morgan fingerprint density at radius 2 is 1.89 bits per heavy atom. The van der Waals surface area contributed by atoms with Crippen LogP contribution in [0, 0.1) is 0 Å². The van der Waals surface area contributed by atoms with E-state index in [0.29, 0.717) is 23.1 Å². The largest absolute Gasteiger partial charge is 0.454 e. The molecule has 0 bridgehead atoms. The zero-order chi connectivity index (χ0) is 19.2. The summed E-state index contributed by atoms with van der Waals surface area (Å²) >= 11 is 5.89. The number of hydrogen-bond acceptors (Lipinski definition) is 6. The quantitative estimate of drug-likeness (QED) is 0.789. The molecule has 1 fully saturated rings. The van der Waals surface area contributed by atoms with E-state index in [1.54, 1.807) is 24.3 Å². The summed E-state index contributed by atoms with van der Waals surface area (Å²) in [5, 5.41) is -0.316. The molecular formula is C19H20ClNO5S. The Hall–Kier alpha value is -1.80. The van der Waals surface area contributed by atoms with Gasteiger partial charge in [-0.05, 0) is 48.9 Å². The lowest BCUT2D eigenvalue weighted by Gasteiger charge is -2.12. The van der Waals surface area contributed by atoms with Crippen LogP contribution in [0.3, 0.4) is 0 Å². The molecule has 1 aliphatic carbocycles. The van der Waals surface area contributed by atoms with Gasteiger partial charge in [0.1, 0.15) is 0 Å². The van der Waals surface area contributed by atoms with Crippen molar-refractivity contribution in [2.45, 2.75) is 28.5 Å². The fourth-order valence-corrected chi connectivity index (χ4v) is 6.12. The number of halogens is 1. The van der Waals surface area contributed by atoms with Gasteiger partial charge in [0.25, 0.3) is 0 Å². The van der Waals surface area contributed by atoms with Crippen LogP contribution in [0.2, 0.25) is 5.02 Å². The van der Waals surface area contributed by atoms with Crippen LogP contribution in [-0.2, 0) is 14.6 Å². The molecule has 2 N–H and O–H groups in total. The zero-order valence-corrected chi connectivity index (χ0v) is 16.3. The second kappa shape index (κ2) is 6.67. The summed E-state index contributed by atoms with van der Waals surface area (Å²) in [6, 6.07) is 11.6. The molecule has 3 atom stereocenters. The first-order valence-corrected chi connectivity index (χ1v) is 10.6. The minimum atomic E-state index is -3.67. The summed E-state index contributed by atoms with van der Waals surface area (Å²) in [6.45, 7) is 2.62. The van der Waals surface area contributed by atoms with E-state index in [4.69, 9.17) is 31.5 Å². The Labute approximate surface area is 163 Å². The molecule has 2 aromatic rings. The van der Waals surface area contributed by atoms with Gasteiger partial charge in [0.15, 0.2) is 21.3 Å². The van der Waals surface area contributed by atoms with Crippen LogP contribution in [0.15, 0.2) is 47.4 Å². The van der Waals surface area contributed by atoms with Crippen molar-refractivity contribution in [1.29, 1.82) is 0 Å². The minimum Gasteiger partial charge on any atom is -0.454 e. The van der Waals surface area contributed by atoms with Crippen LogP contribution in [0.25, 0.3) is 0 Å². The second-order valence-electron chi connectivity index (χ2n) is 6.76. The highest BCUT2D eigenvalue weighted by Crippen LogP contribution is 2.56. The van der Waals surface area contributed by atoms with E-state index in [-0.39, 0.29) is 18.3 Å². The predicted molar refractivity (Wildman–Crippen MR) is 101 cm³/mol. The first-order chi connectivity index (χ1) is 12.9. The van der Waals surface area contributed by atoms with Gasteiger partial charge in [0, 0.05) is 17.5 Å². The summed E-state index contributed by atoms with van der Waals surface area (Å²) in [5.41, 5.74) is 6.33. The van der Waals surface area contributed by atoms with Gasteiger partial charge in [-0.2, -0.15) is 0 Å². The average molecular weight is 410 g/mol. The normalized spacial score (nSPS) is 26.2. The number of ether oxygens (including phenoxy) is 3. The molecule has 1 saturated carbocycles. The molecule has 6 nitrogen and oxygen atoms in total. The molecule has 4 rings (SSSR count). The van der Waals surface area contributed by atoms with Gasteiger partial charge in [0.2, 0.25) is 6.79 Å². The maximum Gasteiger partial charge on any atom is 0.231 e. The molecule has 0 amide bonds. The van der Waals surface area contributed by atoms with Crippen molar-refractivity contribution in [1.82, 2.24) is 0 Å². The van der Waals surface area contributed by atoms with Crippen molar-refractivity contribution < 1.29 is 22.6 Å². The lowest BCUT2D eigenvalue weighted by Crippen LogP contribution is -2.36. The smallest absolute Gasteiger partial charge is 0.231 e. The van der Waals surface area contributed by atoms with Crippen molar-refractivity contribution in [2.75, 3.05) is 20.0 Å². The predicted octanol–water partition coefficient (Wildman–Crippen LogP) is 2.74. The van der Waals surface area contributed by atoms with Gasteiger partial charge in [-0.1, -0.05) is 17.7 Å². The van der Waals surface area contributed by atoms with E-state index in [1.165, 1.54) is 12.1 Å². The highest BCUT2D eigenvalue weighted by Gasteiger charge is 2.69. The van der Waals surface area contributed by atoms with E-state index in [2.05, 4.69) is 0 Å². The lowest BCUT2D eigenvalue weighted by molar-refractivity contribution is 0.125. The summed E-state index contributed by atoms with van der Waals surface area (Å²) in [7, 11) is -3.67. The minimum absolute atomic E-state index is 0.153. The Morgan fingerprint density at radius 3 is 2.59 bits per heavy atom. The Bertz CT molecular complexity index is 963. The van der Waals surface area contributed by atoms with Crippen molar-refractivity contribution in [3.8, 4) is 11.5 Å². The topological polar surface area (TPSA) is 87.8 Å². The van der Waals surface area contributed by atoms with Crippen LogP contribution in [0.4, 0.5) is 0 Å². The third-order valence-corrected chi connectivity index (χ3v) is 7.65. The number of fused-ring (bicyclic) bond motifs is 1. The van der Waals surface area contributed by atoms with E-state index in [9.17, 15) is 8.42 Å². The molecule has 144 valence electrons. The number of nitrogens with two attached hydrogens (primary N) is 1. The van der Waals surface area contributed by atoms with E-state index in [1.807, 2.05) is 13.0 Å². The van der Waals surface area contributed by atoms with Gasteiger partial charge in [-0.3, -0.25) is 0 Å². The summed E-state index contributed by atoms with van der Waals surface area (Å²) in [5.74, 6) is 0.837. The fraction of sp³-hybridized carbons (Fsp3) is 0.368. The molecular weight excluding hydrogens is 390 g/mol. The molecule has 0 saturated heterocycles. The molecule has 0 aromatic heterocycles. The van der Waals surface area contributed by atoms with Crippen molar-refractivity contribution in [3.05, 3.63) is 53.1 Å². The first kappa shape index (κ1) is 18.6. The van der Waals surface area contributed by atoms with Crippen molar-refractivity contribution >= 4 is 21.4 Å². The Morgan fingerprint density at radius 1 is 1.19 bits per heavy atom. The maximum atomic E-state index is 13.3. The van der Waals surface area contributed by atoms with Gasteiger partial charge in [0.05, 0.1) is 22.3 Å². The Balaban J connectivity index is 1.72. The highest BCUT2D eigenvalue weighted by molar-refractivity contribution is 7.92. The molecule has 0 spiro atoms. The van der Waals surface area contributed by atoms with Gasteiger partial charge in [-0.25, -0.2) is 8.42 Å². The van der Waals surface area contributed by atoms with Crippen LogP contribution < -0.4 is 15.2 Å². The molecule has 0 unspecified atom stereocenters. The monoisotopic (exact) mass is 409 g/mol. The summed E-state index contributed by atoms with van der Waals surface area (Å²) in [6.07, 6.45) is 0. The zero-order valence-electron chi connectivity index (χ0n) is 14.7. The molecule has 1 heterocycles. The average Bonchev–Trinajstić information content (AvgIpc) is 3.03. The number of sulfone groups is 1. The summed E-state index contributed by atoms with van der Waals surface area (Å²) in [4.78, 5) is 0.200. The van der Waals surface area contributed by atoms with Crippen molar-refractivity contribution in [3.63, 3.8) is 0 Å². The van der Waals surface area contributed by atoms with E-state index in [0.717, 1.165) is 5.56 Å². The van der Waals surface area contributed by atoms with Gasteiger partial charge < -0.3 is 19.9 Å². The van der Waals surface area contributed by atoms with Crippen molar-refractivity contribution in [2.24, 2.45) is 5.73 Å². The van der Waals surface area contributed by atoms with E-state index < -0.39 is 26.5 Å². The molecule has 2 aromatic carbocycles. The van der Waals surface area contributed by atoms with Gasteiger partial charge in [-0.15, -0.1) is 0 Å². The van der Waals surface area contributed by atoms with E-state index >= 15 is 0 Å². The molecule has 2 aliphatic rings. The number of benzene rings is 2. The number of rotatable bonds is 6. The first-order valence-electron chi connectivity index (χ1n) is 8.63. The van der Waals surface area contributed by atoms with Crippen LogP contribution in [0.5, 0.6) is 11.5 Å². The molecule has 8 heteroatoms. The maximum absolute atomic E-state index is 13.3. The van der Waals surface area contributed by atoms with Crippen LogP contribution >= 0.6 is 11.6 Å². The summed E-state index contributed by atoms with van der Waals surface area (Å²) < 4.78 is 42.8. The molecule has 1 aliphatic heterocycles. The lowest BCUT2D eigenvalue weighted by atomic mass is 10.1. The second-order valence-corrected chi connectivity index (χ2v) is 9.27. The molecule has 0 radical (unpaired) electrons. The van der Waals surface area contributed by atoms with Crippen LogP contribution in [-0.4, -0.2) is 39.2 Å². The Kier molecular flexibility index (Phi) is 4.58. The third kappa shape index (κ3) is 3.08. The highest BCUT2D eigenvalue weighted by atomic mass is 35.5. The fourth-order valence-electron chi connectivity index (χ4n) is 3.70. The number of hydrogen-bond donors (Lipinski definition) is 1. The van der Waals surface area contributed by atoms with Gasteiger partial charge >= 0.3 is 0 Å². The standard InChI is InChI=1S/C19H20ClNO5S/c1-2-24-10-19(21)17(12-3-8-15-16(9-12)26-11-25-15)18(19)27(22,23)14-6-4-13(20)5-7-14/h3-9,17-18H,2,10-11,21H2,1H3/t17-,18-,19-/m0/s1. The third-order valence-electron chi connectivity index (χ3n) is 5.09.